The summed E-state index contributed by atoms with van der Waals surface area (Å²) in [6, 6.07) is 0. The molecule has 0 aliphatic heterocycles. The lowest BCUT2D eigenvalue weighted by Crippen LogP contribution is -2.30. The number of hydrogen-bond donors (Lipinski definition) is 3. The molecule has 0 saturated heterocycles. The summed E-state index contributed by atoms with van der Waals surface area (Å²) in [6.07, 6.45) is 42.4. The number of aliphatic hydroxyl groups excluding tert-OH is 1. The van der Waals surface area contributed by atoms with Crippen molar-refractivity contribution in [2.45, 2.75) is 356 Å². The molecule has 0 saturated carbocycles. The molecule has 0 aromatic heterocycles. The molecule has 0 aliphatic rings. The first kappa shape index (κ1) is 85.1. The number of carbonyl (C=O) groups excluding carboxylic acids is 4. The highest BCUT2D eigenvalue weighted by Crippen LogP contribution is 2.45. The number of hydrogen-bond acceptors (Lipinski definition) is 15. The van der Waals surface area contributed by atoms with E-state index in [0.717, 1.165) is 108 Å². The lowest BCUT2D eigenvalue weighted by atomic mass is 10.0. The smallest absolute Gasteiger partial charge is 0.462 e. The summed E-state index contributed by atoms with van der Waals surface area (Å²) in [5.74, 6) is 0.0986. The van der Waals surface area contributed by atoms with E-state index in [-0.39, 0.29) is 25.7 Å². The summed E-state index contributed by atoms with van der Waals surface area (Å²) < 4.78 is 67.9. The van der Waals surface area contributed by atoms with Crippen molar-refractivity contribution in [1.82, 2.24) is 0 Å². The number of phosphoric acid groups is 2. The van der Waals surface area contributed by atoms with Crippen molar-refractivity contribution in [3.8, 4) is 0 Å². The highest BCUT2D eigenvalue weighted by Gasteiger charge is 2.30. The van der Waals surface area contributed by atoms with Crippen LogP contribution in [0.25, 0.3) is 0 Å². The number of unbranched alkanes of at least 4 members (excludes halogenated alkanes) is 34. The second-order valence-electron chi connectivity index (χ2n) is 26.0. The summed E-state index contributed by atoms with van der Waals surface area (Å²) in [6.45, 7) is 11.7. The summed E-state index contributed by atoms with van der Waals surface area (Å²) in [5.41, 5.74) is 0. The van der Waals surface area contributed by atoms with Gasteiger partial charge in [0, 0.05) is 25.7 Å². The molecule has 0 aromatic carbocycles. The van der Waals surface area contributed by atoms with Gasteiger partial charge in [-0.15, -0.1) is 0 Å². The summed E-state index contributed by atoms with van der Waals surface area (Å²) in [5, 5.41) is 10.5. The van der Waals surface area contributed by atoms with Crippen LogP contribution in [0.1, 0.15) is 337 Å². The summed E-state index contributed by atoms with van der Waals surface area (Å²) in [4.78, 5) is 72.1. The molecule has 0 aromatic rings. The van der Waals surface area contributed by atoms with Crippen LogP contribution in [0, 0.1) is 17.8 Å². The van der Waals surface area contributed by atoms with E-state index in [1.807, 2.05) is 0 Å². The van der Waals surface area contributed by atoms with E-state index < -0.39 is 97.5 Å². The van der Waals surface area contributed by atoms with Crippen molar-refractivity contribution in [3.05, 3.63) is 0 Å². The second kappa shape index (κ2) is 59.1. The van der Waals surface area contributed by atoms with Gasteiger partial charge in [0.25, 0.3) is 0 Å². The molecule has 87 heavy (non-hydrogen) atoms. The minimum atomic E-state index is -4.95. The number of carbonyl (C=O) groups is 4. The van der Waals surface area contributed by atoms with Gasteiger partial charge in [0.1, 0.15) is 19.3 Å². The Hall–Kier alpha value is -1.94. The Morgan fingerprint density at radius 1 is 0.310 bits per heavy atom. The highest BCUT2D eigenvalue weighted by atomic mass is 31.2. The Balaban J connectivity index is 5.09. The molecule has 17 nitrogen and oxygen atoms in total. The molecule has 5 atom stereocenters. The third-order valence-electron chi connectivity index (χ3n) is 15.6. The van der Waals surface area contributed by atoms with E-state index in [9.17, 15) is 43.2 Å². The van der Waals surface area contributed by atoms with Crippen molar-refractivity contribution < 1.29 is 80.2 Å². The molecule has 0 aliphatic carbocycles. The van der Waals surface area contributed by atoms with E-state index in [2.05, 4.69) is 48.5 Å². The van der Waals surface area contributed by atoms with Gasteiger partial charge in [-0.2, -0.15) is 0 Å². The fraction of sp³-hybridized carbons (Fsp3) is 0.941. The number of ether oxygens (including phenoxy) is 4. The molecule has 0 rings (SSSR count). The molecule has 0 fully saturated rings. The zero-order valence-electron chi connectivity index (χ0n) is 56.5. The minimum absolute atomic E-state index is 0.102. The molecule has 2 unspecified atom stereocenters. The number of rotatable bonds is 66. The third-order valence-corrected chi connectivity index (χ3v) is 17.5. The molecule has 0 amide bonds. The van der Waals surface area contributed by atoms with Crippen LogP contribution >= 0.6 is 15.6 Å². The lowest BCUT2D eigenvalue weighted by Gasteiger charge is -2.21. The topological polar surface area (TPSA) is 237 Å². The van der Waals surface area contributed by atoms with Crippen LogP contribution in [0.5, 0.6) is 0 Å². The lowest BCUT2D eigenvalue weighted by molar-refractivity contribution is -0.161. The highest BCUT2D eigenvalue weighted by molar-refractivity contribution is 7.47. The number of esters is 4. The third kappa shape index (κ3) is 62.6. The first-order valence-electron chi connectivity index (χ1n) is 35.3. The van der Waals surface area contributed by atoms with Crippen molar-refractivity contribution in [2.75, 3.05) is 39.6 Å². The molecule has 0 bridgehead atoms. The fourth-order valence-electron chi connectivity index (χ4n) is 10.2. The Labute approximate surface area is 530 Å². The van der Waals surface area contributed by atoms with Crippen molar-refractivity contribution in [1.29, 1.82) is 0 Å². The van der Waals surface area contributed by atoms with E-state index in [4.69, 9.17) is 37.0 Å². The minimum Gasteiger partial charge on any atom is -0.462 e. The number of aliphatic hydroxyl groups is 1. The Kier molecular flexibility index (Phi) is 57.8. The van der Waals surface area contributed by atoms with Gasteiger partial charge in [0.2, 0.25) is 0 Å². The van der Waals surface area contributed by atoms with Crippen LogP contribution in [-0.4, -0.2) is 96.7 Å². The Morgan fingerprint density at radius 3 is 0.782 bits per heavy atom. The zero-order valence-corrected chi connectivity index (χ0v) is 58.3. The molecule has 0 radical (unpaired) electrons. The molecular weight excluding hydrogens is 1150 g/mol. The van der Waals surface area contributed by atoms with Gasteiger partial charge in [0.05, 0.1) is 26.4 Å². The normalized spacial score (nSPS) is 14.3. The van der Waals surface area contributed by atoms with Gasteiger partial charge in [-0.25, -0.2) is 9.13 Å². The Morgan fingerprint density at radius 2 is 0.529 bits per heavy atom. The van der Waals surface area contributed by atoms with Gasteiger partial charge in [-0.05, 0) is 43.4 Å². The van der Waals surface area contributed by atoms with Gasteiger partial charge in [0.15, 0.2) is 12.2 Å². The molecule has 3 N–H and O–H groups in total. The average Bonchev–Trinajstić information content (AvgIpc) is 3.50. The van der Waals surface area contributed by atoms with Crippen LogP contribution in [-0.2, 0) is 65.4 Å². The van der Waals surface area contributed by atoms with Crippen molar-refractivity contribution in [3.63, 3.8) is 0 Å². The second-order valence-corrected chi connectivity index (χ2v) is 28.9. The Bertz CT molecular complexity index is 1720. The standard InChI is InChI=1S/C68H132O17P2/c1-8-9-10-32-42-49-65(70)78-55-63(84-68(73)52-45-38-31-25-28-35-41-48-61(6)7)57-82-86(74,75)80-53-62(69)54-81-87(76,77)83-58-64(56-79-66(71)50-43-36-29-24-23-27-34-40-47-60(4)5)85-67(72)51-44-37-30-22-20-18-16-14-12-11-13-15-17-19-21-26-33-39-46-59(2)3/h59-64,69H,8-58H2,1-7H3,(H,74,75)(H,76,77)/t62-,63+,64+/m0/s1. The molecule has 516 valence electrons. The van der Waals surface area contributed by atoms with Crippen molar-refractivity contribution in [2.24, 2.45) is 17.8 Å². The maximum absolute atomic E-state index is 13.0. The molecule has 19 heteroatoms. The SMILES string of the molecule is CCCCCCCC(=O)OC[C@H](COP(=O)(O)OC[C@H](O)COP(=O)(O)OC[C@@H](COC(=O)CCCCCCCCCCC(C)C)OC(=O)CCCCCCCCCCCCCCCCCCCCC(C)C)OC(=O)CCCCCCCCCC(C)C. The van der Waals surface area contributed by atoms with E-state index in [1.165, 1.54) is 141 Å². The summed E-state index contributed by atoms with van der Waals surface area (Å²) >= 11 is 0. The summed E-state index contributed by atoms with van der Waals surface area (Å²) in [7, 11) is -9.88. The largest absolute Gasteiger partial charge is 0.472 e. The van der Waals surface area contributed by atoms with Gasteiger partial charge in [-0.1, -0.05) is 286 Å². The van der Waals surface area contributed by atoms with Gasteiger partial charge in [-0.3, -0.25) is 37.3 Å². The van der Waals surface area contributed by atoms with Gasteiger partial charge < -0.3 is 33.8 Å². The zero-order chi connectivity index (χ0) is 64.5. The van der Waals surface area contributed by atoms with Crippen LogP contribution in [0.3, 0.4) is 0 Å². The molecule has 0 spiro atoms. The van der Waals surface area contributed by atoms with Crippen LogP contribution in [0.2, 0.25) is 0 Å². The van der Waals surface area contributed by atoms with Gasteiger partial charge >= 0.3 is 39.5 Å². The first-order chi connectivity index (χ1) is 41.7. The maximum atomic E-state index is 13.0. The van der Waals surface area contributed by atoms with E-state index in [1.54, 1.807) is 0 Å². The van der Waals surface area contributed by atoms with E-state index in [0.29, 0.717) is 31.6 Å². The first-order valence-corrected chi connectivity index (χ1v) is 38.3. The maximum Gasteiger partial charge on any atom is 0.472 e. The van der Waals surface area contributed by atoms with Crippen LogP contribution < -0.4 is 0 Å². The molecular formula is C68H132O17P2. The predicted octanol–water partition coefficient (Wildman–Crippen LogP) is 19.1. The van der Waals surface area contributed by atoms with E-state index >= 15 is 0 Å². The average molecular weight is 1280 g/mol. The molecule has 0 heterocycles. The predicted molar refractivity (Wildman–Crippen MR) is 349 cm³/mol. The number of phosphoric ester groups is 2. The fourth-order valence-corrected chi connectivity index (χ4v) is 11.8. The van der Waals surface area contributed by atoms with Crippen molar-refractivity contribution >= 4 is 39.5 Å². The monoisotopic (exact) mass is 1280 g/mol. The van der Waals surface area contributed by atoms with Crippen LogP contribution in [0.15, 0.2) is 0 Å². The van der Waals surface area contributed by atoms with Crippen LogP contribution in [0.4, 0.5) is 0 Å². The quantitative estimate of drug-likeness (QED) is 0.0222.